The normalized spacial score (nSPS) is 17.2. The Balaban J connectivity index is 1.89. The molecule has 0 bridgehead atoms. The van der Waals surface area contributed by atoms with Crippen molar-refractivity contribution in [2.75, 3.05) is 26.2 Å². The molecule has 1 atom stereocenters. The van der Waals surface area contributed by atoms with Gasteiger partial charge in [0.25, 0.3) is 0 Å². The second-order valence-corrected chi connectivity index (χ2v) is 6.18. The van der Waals surface area contributed by atoms with Gasteiger partial charge in [-0.15, -0.1) is 0 Å². The minimum Gasteiger partial charge on any atom is -0.491 e. The Morgan fingerprint density at radius 2 is 2.10 bits per heavy atom. The first-order valence-electron chi connectivity index (χ1n) is 7.85. The van der Waals surface area contributed by atoms with Crippen LogP contribution in [0.5, 0.6) is 5.75 Å². The largest absolute Gasteiger partial charge is 0.491 e. The van der Waals surface area contributed by atoms with Gasteiger partial charge in [0.05, 0.1) is 0 Å². The molecule has 0 fully saturated rings. The number of hydrogen-bond donors (Lipinski definition) is 1. The summed E-state index contributed by atoms with van der Waals surface area (Å²) in [4.78, 5) is 2.26. The molecule has 0 aliphatic carbocycles. The Morgan fingerprint density at radius 3 is 2.76 bits per heavy atom. The molecule has 1 aliphatic rings. The van der Waals surface area contributed by atoms with Gasteiger partial charge < -0.3 is 9.84 Å². The first kappa shape index (κ1) is 16.1. The predicted molar refractivity (Wildman–Crippen MR) is 87.0 cm³/mol. The van der Waals surface area contributed by atoms with E-state index < -0.39 is 6.10 Å². The summed E-state index contributed by atoms with van der Waals surface area (Å²) in [5.41, 5.74) is 2.39. The molecule has 0 saturated heterocycles. The highest BCUT2D eigenvalue weighted by Crippen LogP contribution is 2.27. The number of aliphatic hydroxyl groups is 1. The zero-order valence-electron chi connectivity index (χ0n) is 13.4. The number of ether oxygens (including phenoxy) is 1. The van der Waals surface area contributed by atoms with Gasteiger partial charge in [0.1, 0.15) is 18.5 Å². The fourth-order valence-corrected chi connectivity index (χ4v) is 2.64. The van der Waals surface area contributed by atoms with E-state index in [-0.39, 0.29) is 0 Å². The highest BCUT2D eigenvalue weighted by atomic mass is 16.5. The molecule has 2 rings (SSSR count). The molecule has 0 radical (unpaired) electrons. The van der Waals surface area contributed by atoms with E-state index in [0.29, 0.717) is 19.1 Å². The van der Waals surface area contributed by atoms with Crippen molar-refractivity contribution < 1.29 is 9.84 Å². The van der Waals surface area contributed by atoms with Crippen molar-refractivity contribution in [2.24, 2.45) is 0 Å². The van der Waals surface area contributed by atoms with E-state index in [2.05, 4.69) is 56.0 Å². The van der Waals surface area contributed by atoms with Crippen molar-refractivity contribution in [3.63, 3.8) is 0 Å². The molecule has 1 aliphatic heterocycles. The minimum absolute atomic E-state index is 0.351. The van der Waals surface area contributed by atoms with E-state index in [0.717, 1.165) is 25.3 Å². The molecule has 1 unspecified atom stereocenters. The summed E-state index contributed by atoms with van der Waals surface area (Å²) in [6.07, 6.45) is 4.98. The molecule has 3 nitrogen and oxygen atoms in total. The quantitative estimate of drug-likeness (QED) is 0.817. The summed E-state index contributed by atoms with van der Waals surface area (Å²) in [5.74, 6) is 1.33. The fraction of sp³-hybridized carbons (Fsp3) is 0.556. The average Bonchev–Trinajstić information content (AvgIpc) is 2.46. The van der Waals surface area contributed by atoms with E-state index in [1.54, 1.807) is 0 Å². The van der Waals surface area contributed by atoms with Crippen LogP contribution in [0.2, 0.25) is 0 Å². The second kappa shape index (κ2) is 7.62. The van der Waals surface area contributed by atoms with Crippen molar-refractivity contribution >= 4 is 0 Å². The first-order valence-corrected chi connectivity index (χ1v) is 7.85. The minimum atomic E-state index is -0.447. The molecule has 0 spiro atoms. The van der Waals surface area contributed by atoms with Crippen molar-refractivity contribution in [1.82, 2.24) is 4.90 Å². The van der Waals surface area contributed by atoms with Crippen LogP contribution >= 0.6 is 0 Å². The molecule has 0 aromatic heterocycles. The lowest BCUT2D eigenvalue weighted by molar-refractivity contribution is 0.0708. The van der Waals surface area contributed by atoms with Crippen LogP contribution in [0.4, 0.5) is 0 Å². The zero-order chi connectivity index (χ0) is 15.2. The Kier molecular flexibility index (Phi) is 5.83. The number of nitrogens with zero attached hydrogens (tertiary/aromatic N) is 1. The van der Waals surface area contributed by atoms with Crippen molar-refractivity contribution in [2.45, 2.75) is 39.2 Å². The van der Waals surface area contributed by atoms with Gasteiger partial charge in [0.2, 0.25) is 0 Å². The van der Waals surface area contributed by atoms with E-state index in [9.17, 15) is 5.11 Å². The molecule has 1 aromatic carbocycles. The average molecular weight is 289 g/mol. The third kappa shape index (κ3) is 4.87. The molecule has 1 heterocycles. The number of rotatable bonds is 6. The molecular weight excluding hydrogens is 262 g/mol. The Labute approximate surface area is 128 Å². The van der Waals surface area contributed by atoms with E-state index in [1.165, 1.54) is 11.1 Å². The van der Waals surface area contributed by atoms with Crippen LogP contribution in [0.15, 0.2) is 30.4 Å². The van der Waals surface area contributed by atoms with Crippen LogP contribution in [-0.4, -0.2) is 42.4 Å². The summed E-state index contributed by atoms with van der Waals surface area (Å²) in [6, 6.07) is 6.29. The number of β-amino-alcohol motifs (C(OH)–C–C–N with tert-alkyl or cyclic N) is 1. The van der Waals surface area contributed by atoms with E-state index >= 15 is 0 Å². The third-order valence-electron chi connectivity index (χ3n) is 3.83. The van der Waals surface area contributed by atoms with Gasteiger partial charge in [-0.1, -0.05) is 38.1 Å². The number of hydrogen-bond acceptors (Lipinski definition) is 3. The van der Waals surface area contributed by atoms with Crippen LogP contribution in [0, 0.1) is 6.92 Å². The molecule has 21 heavy (non-hydrogen) atoms. The molecular formula is C18H27NO2. The fourth-order valence-electron chi connectivity index (χ4n) is 2.64. The van der Waals surface area contributed by atoms with E-state index in [4.69, 9.17) is 4.74 Å². The maximum absolute atomic E-state index is 10.2. The lowest BCUT2D eigenvalue weighted by atomic mass is 10.0. The Bertz CT molecular complexity index is 482. The van der Waals surface area contributed by atoms with Crippen molar-refractivity contribution in [1.29, 1.82) is 0 Å². The van der Waals surface area contributed by atoms with Crippen LogP contribution in [0.1, 0.15) is 37.3 Å². The van der Waals surface area contributed by atoms with Crippen LogP contribution < -0.4 is 4.74 Å². The van der Waals surface area contributed by atoms with Gasteiger partial charge in [-0.25, -0.2) is 0 Å². The van der Waals surface area contributed by atoms with Crippen LogP contribution in [0.25, 0.3) is 0 Å². The smallest absolute Gasteiger partial charge is 0.123 e. The molecule has 0 saturated carbocycles. The first-order chi connectivity index (χ1) is 10.1. The molecule has 1 N–H and O–H groups in total. The van der Waals surface area contributed by atoms with Crippen LogP contribution in [0.3, 0.4) is 0 Å². The zero-order valence-corrected chi connectivity index (χ0v) is 13.4. The van der Waals surface area contributed by atoms with Gasteiger partial charge >= 0.3 is 0 Å². The molecule has 0 amide bonds. The van der Waals surface area contributed by atoms with E-state index in [1.807, 2.05) is 0 Å². The molecule has 116 valence electrons. The van der Waals surface area contributed by atoms with Crippen molar-refractivity contribution in [3.05, 3.63) is 41.5 Å². The van der Waals surface area contributed by atoms with Gasteiger partial charge in [-0.05, 0) is 36.5 Å². The summed E-state index contributed by atoms with van der Waals surface area (Å²) in [6.45, 7) is 9.36. The maximum Gasteiger partial charge on any atom is 0.123 e. The van der Waals surface area contributed by atoms with Gasteiger partial charge in [0.15, 0.2) is 0 Å². The standard InChI is InChI=1S/C18H27NO2/c1-14(2)17-8-7-15(3)11-18(17)21-13-16(20)12-19-9-5-4-6-10-19/h4-5,7-8,11,14,16,20H,6,9-10,12-13H2,1-3H3. The Morgan fingerprint density at radius 1 is 1.29 bits per heavy atom. The van der Waals surface area contributed by atoms with Crippen LogP contribution in [-0.2, 0) is 0 Å². The third-order valence-corrected chi connectivity index (χ3v) is 3.83. The topological polar surface area (TPSA) is 32.7 Å². The highest BCUT2D eigenvalue weighted by Gasteiger charge is 2.14. The SMILES string of the molecule is Cc1ccc(C(C)C)c(OCC(O)CN2CC=CCC2)c1. The Hall–Kier alpha value is -1.32. The summed E-state index contributed by atoms with van der Waals surface area (Å²) in [5, 5.41) is 10.2. The lowest BCUT2D eigenvalue weighted by Gasteiger charge is -2.26. The van der Waals surface area contributed by atoms with Crippen molar-refractivity contribution in [3.8, 4) is 5.75 Å². The maximum atomic E-state index is 10.2. The summed E-state index contributed by atoms with van der Waals surface area (Å²) < 4.78 is 5.89. The monoisotopic (exact) mass is 289 g/mol. The van der Waals surface area contributed by atoms with Gasteiger partial charge in [0, 0.05) is 19.6 Å². The van der Waals surface area contributed by atoms with Gasteiger partial charge in [-0.2, -0.15) is 0 Å². The summed E-state index contributed by atoms with van der Waals surface area (Å²) >= 11 is 0. The molecule has 1 aromatic rings. The lowest BCUT2D eigenvalue weighted by Crippen LogP contribution is -2.37. The highest BCUT2D eigenvalue weighted by molar-refractivity contribution is 5.39. The predicted octanol–water partition coefficient (Wildman–Crippen LogP) is 3.12. The molecule has 3 heteroatoms. The number of aryl methyl sites for hydroxylation is 1. The van der Waals surface area contributed by atoms with Gasteiger partial charge in [-0.3, -0.25) is 4.90 Å². The summed E-state index contributed by atoms with van der Waals surface area (Å²) in [7, 11) is 0. The second-order valence-electron chi connectivity index (χ2n) is 6.18. The number of aliphatic hydroxyl groups excluding tert-OH is 1. The number of benzene rings is 1.